The van der Waals surface area contributed by atoms with E-state index in [-0.39, 0.29) is 0 Å². The average Bonchev–Trinajstić information content (AvgIpc) is 1.98. The smallest absolute Gasteiger partial charge is 0.0976 e. The molecule has 11 heavy (non-hydrogen) atoms. The number of alkyl halides is 1. The predicted octanol–water partition coefficient (Wildman–Crippen LogP) is 3.87. The Morgan fingerprint density at radius 2 is 1.91 bits per heavy atom. The molecule has 0 aromatic rings. The fraction of sp³-hybridized carbons (Fsp3) is 0.800. The molecule has 0 aliphatic heterocycles. The minimum absolute atomic E-state index is 0.652. The van der Waals surface area contributed by atoms with Gasteiger partial charge in [-0.05, 0) is 32.6 Å². The zero-order valence-corrected chi connectivity index (χ0v) is 7.86. The first kappa shape index (κ1) is 10.7. The maximum Gasteiger partial charge on any atom is 0.0976 e. The van der Waals surface area contributed by atoms with Gasteiger partial charge in [-0.15, -0.1) is 0 Å². The van der Waals surface area contributed by atoms with Crippen LogP contribution in [0, 0.1) is 0 Å². The van der Waals surface area contributed by atoms with Gasteiger partial charge in [-0.3, -0.25) is 0 Å². The van der Waals surface area contributed by atoms with E-state index in [1.807, 2.05) is 0 Å². The fourth-order valence-corrected chi connectivity index (χ4v) is 1.06. The van der Waals surface area contributed by atoms with E-state index in [0.29, 0.717) is 6.42 Å². The molecule has 0 aromatic heterocycles. The lowest BCUT2D eigenvalue weighted by molar-refractivity contribution is 0.343. The van der Waals surface area contributed by atoms with Crippen molar-refractivity contribution in [3.63, 3.8) is 0 Å². The molecule has 0 aliphatic rings. The van der Waals surface area contributed by atoms with Gasteiger partial charge in [-0.2, -0.15) is 0 Å². The van der Waals surface area contributed by atoms with Gasteiger partial charge >= 0.3 is 0 Å². The molecular formula is C10H19F. The fourth-order valence-electron chi connectivity index (χ4n) is 1.06. The Hall–Kier alpha value is -0.330. The summed E-state index contributed by atoms with van der Waals surface area (Å²) in [6, 6.07) is 0. The van der Waals surface area contributed by atoms with Crippen LogP contribution in [-0.4, -0.2) is 6.17 Å². The van der Waals surface area contributed by atoms with E-state index >= 15 is 0 Å². The summed E-state index contributed by atoms with van der Waals surface area (Å²) in [5.74, 6) is 0. The maximum absolute atomic E-state index is 12.3. The second-order valence-corrected chi connectivity index (χ2v) is 2.93. The summed E-state index contributed by atoms with van der Waals surface area (Å²) in [5, 5.41) is 0. The lowest BCUT2D eigenvalue weighted by Crippen LogP contribution is -1.90. The molecule has 0 aliphatic carbocycles. The van der Waals surface area contributed by atoms with Crippen LogP contribution in [0.15, 0.2) is 11.6 Å². The van der Waals surface area contributed by atoms with Crippen LogP contribution in [0.5, 0.6) is 0 Å². The monoisotopic (exact) mass is 158 g/mol. The van der Waals surface area contributed by atoms with E-state index in [0.717, 1.165) is 19.3 Å². The average molecular weight is 158 g/mol. The highest BCUT2D eigenvalue weighted by molar-refractivity contribution is 4.99. The molecule has 0 rings (SSSR count). The molecule has 0 spiro atoms. The first-order valence-corrected chi connectivity index (χ1v) is 4.52. The van der Waals surface area contributed by atoms with Gasteiger partial charge in [0.1, 0.15) is 0 Å². The van der Waals surface area contributed by atoms with Gasteiger partial charge < -0.3 is 0 Å². The zero-order valence-electron chi connectivity index (χ0n) is 7.86. The van der Waals surface area contributed by atoms with Crippen LogP contribution in [0.25, 0.3) is 0 Å². The van der Waals surface area contributed by atoms with Gasteiger partial charge in [-0.25, -0.2) is 4.39 Å². The molecule has 0 saturated heterocycles. The number of allylic oxidation sites excluding steroid dienone is 2. The summed E-state index contributed by atoms with van der Waals surface area (Å²) in [4.78, 5) is 0. The Morgan fingerprint density at radius 1 is 1.36 bits per heavy atom. The molecule has 1 unspecified atom stereocenters. The largest absolute Gasteiger partial charge is 0.248 e. The van der Waals surface area contributed by atoms with E-state index in [1.165, 1.54) is 5.57 Å². The Bertz CT molecular complexity index is 108. The Balaban J connectivity index is 3.53. The van der Waals surface area contributed by atoms with E-state index < -0.39 is 6.17 Å². The van der Waals surface area contributed by atoms with Gasteiger partial charge in [-0.1, -0.05) is 25.5 Å². The Labute approximate surface area is 69.5 Å². The molecule has 0 fully saturated rings. The summed E-state index contributed by atoms with van der Waals surface area (Å²) in [6.07, 6.45) is 5.31. The van der Waals surface area contributed by atoms with Gasteiger partial charge in [0.15, 0.2) is 0 Å². The summed E-state index contributed by atoms with van der Waals surface area (Å²) >= 11 is 0. The van der Waals surface area contributed by atoms with Crippen LogP contribution < -0.4 is 0 Å². The van der Waals surface area contributed by atoms with Crippen molar-refractivity contribution in [2.45, 2.75) is 52.6 Å². The quantitative estimate of drug-likeness (QED) is 0.533. The number of hydrogen-bond acceptors (Lipinski definition) is 0. The molecule has 0 N–H and O–H groups in total. The van der Waals surface area contributed by atoms with Gasteiger partial charge in [0, 0.05) is 0 Å². The molecule has 0 aromatic carbocycles. The van der Waals surface area contributed by atoms with Crippen LogP contribution in [0.3, 0.4) is 0 Å². The molecule has 1 heteroatoms. The molecule has 0 amide bonds. The van der Waals surface area contributed by atoms with Gasteiger partial charge in [0.2, 0.25) is 0 Å². The number of hydrogen-bond donors (Lipinski definition) is 0. The highest BCUT2D eigenvalue weighted by Crippen LogP contribution is 2.09. The van der Waals surface area contributed by atoms with Crippen molar-refractivity contribution in [1.29, 1.82) is 0 Å². The van der Waals surface area contributed by atoms with Crippen LogP contribution in [0.2, 0.25) is 0 Å². The topological polar surface area (TPSA) is 0 Å². The lowest BCUT2D eigenvalue weighted by atomic mass is 10.1. The normalized spacial score (nSPS) is 12.7. The van der Waals surface area contributed by atoms with Crippen molar-refractivity contribution >= 4 is 0 Å². The maximum atomic E-state index is 12.3. The van der Waals surface area contributed by atoms with Crippen molar-refractivity contribution in [3.05, 3.63) is 11.6 Å². The third kappa shape index (κ3) is 6.08. The first-order valence-electron chi connectivity index (χ1n) is 4.52. The molecule has 1 atom stereocenters. The van der Waals surface area contributed by atoms with E-state index in [4.69, 9.17) is 0 Å². The van der Waals surface area contributed by atoms with Crippen LogP contribution in [0.4, 0.5) is 4.39 Å². The van der Waals surface area contributed by atoms with Crippen molar-refractivity contribution in [2.75, 3.05) is 0 Å². The highest BCUT2D eigenvalue weighted by atomic mass is 19.1. The molecule has 66 valence electrons. The van der Waals surface area contributed by atoms with Crippen molar-refractivity contribution in [2.24, 2.45) is 0 Å². The summed E-state index contributed by atoms with van der Waals surface area (Å²) < 4.78 is 12.3. The van der Waals surface area contributed by atoms with Gasteiger partial charge in [0.25, 0.3) is 0 Å². The van der Waals surface area contributed by atoms with E-state index in [2.05, 4.69) is 19.9 Å². The van der Waals surface area contributed by atoms with Gasteiger partial charge in [0.05, 0.1) is 6.17 Å². The number of rotatable bonds is 5. The second-order valence-electron chi connectivity index (χ2n) is 2.93. The molecule has 0 saturated carbocycles. The van der Waals surface area contributed by atoms with Crippen molar-refractivity contribution in [1.82, 2.24) is 0 Å². The highest BCUT2D eigenvalue weighted by Gasteiger charge is 1.95. The van der Waals surface area contributed by atoms with Crippen molar-refractivity contribution < 1.29 is 4.39 Å². The first-order chi connectivity index (χ1) is 5.20. The SMILES string of the molecule is CCC(=CCCC(C)F)CC. The summed E-state index contributed by atoms with van der Waals surface area (Å²) in [5.41, 5.74) is 1.45. The zero-order chi connectivity index (χ0) is 8.69. The summed E-state index contributed by atoms with van der Waals surface area (Å²) in [7, 11) is 0. The predicted molar refractivity (Wildman–Crippen MR) is 48.5 cm³/mol. The molecule has 0 nitrogen and oxygen atoms in total. The Kier molecular flexibility index (Phi) is 6.19. The Morgan fingerprint density at radius 3 is 2.27 bits per heavy atom. The van der Waals surface area contributed by atoms with E-state index in [9.17, 15) is 4.39 Å². The third-order valence-corrected chi connectivity index (χ3v) is 1.91. The minimum Gasteiger partial charge on any atom is -0.248 e. The molecular weight excluding hydrogens is 139 g/mol. The van der Waals surface area contributed by atoms with Crippen LogP contribution in [-0.2, 0) is 0 Å². The summed E-state index contributed by atoms with van der Waals surface area (Å²) in [6.45, 7) is 5.91. The molecule has 0 heterocycles. The lowest BCUT2D eigenvalue weighted by Gasteiger charge is -2.00. The molecule has 0 radical (unpaired) electrons. The number of halogens is 1. The van der Waals surface area contributed by atoms with Crippen LogP contribution >= 0.6 is 0 Å². The van der Waals surface area contributed by atoms with Crippen molar-refractivity contribution in [3.8, 4) is 0 Å². The van der Waals surface area contributed by atoms with Crippen LogP contribution in [0.1, 0.15) is 46.5 Å². The minimum atomic E-state index is -0.652. The second kappa shape index (κ2) is 6.38. The van der Waals surface area contributed by atoms with E-state index in [1.54, 1.807) is 6.92 Å². The standard InChI is InChI=1S/C10H19F/c1-4-10(5-2)8-6-7-9(3)11/h8-9H,4-7H2,1-3H3. The third-order valence-electron chi connectivity index (χ3n) is 1.91. The molecule has 0 bridgehead atoms.